The highest BCUT2D eigenvalue weighted by atomic mass is 35.5. The fourth-order valence-corrected chi connectivity index (χ4v) is 1.66. The quantitative estimate of drug-likeness (QED) is 0.654. The fraction of sp³-hybridized carbons (Fsp3) is 0.769. The number of nitrogens with zero attached hydrogens (tertiary/aromatic N) is 1. The largest absolute Gasteiger partial charge is 0.293 e. The molecule has 1 heterocycles. The average Bonchev–Trinajstić information content (AvgIpc) is 1.99. The summed E-state index contributed by atoms with van der Waals surface area (Å²) in [5.41, 5.74) is 1.41. The third-order valence-corrected chi connectivity index (χ3v) is 2.96. The Morgan fingerprint density at radius 1 is 1.06 bits per heavy atom. The first kappa shape index (κ1) is 15.7. The zero-order valence-electron chi connectivity index (χ0n) is 11.3. The van der Waals surface area contributed by atoms with E-state index in [0.717, 1.165) is 6.54 Å². The van der Waals surface area contributed by atoms with Crippen molar-refractivity contribution in [2.45, 2.75) is 47.1 Å². The van der Waals surface area contributed by atoms with Crippen molar-refractivity contribution in [3.63, 3.8) is 0 Å². The van der Waals surface area contributed by atoms with Gasteiger partial charge in [0.15, 0.2) is 5.78 Å². The van der Waals surface area contributed by atoms with Gasteiger partial charge >= 0.3 is 0 Å². The Kier molecular flexibility index (Phi) is 4.78. The minimum atomic E-state index is 0. The number of hydrogen-bond acceptors (Lipinski definition) is 2. The third-order valence-electron chi connectivity index (χ3n) is 2.96. The highest BCUT2D eigenvalue weighted by Gasteiger charge is 2.31. The van der Waals surface area contributed by atoms with Crippen LogP contribution < -0.4 is 0 Å². The molecule has 0 spiro atoms. The van der Waals surface area contributed by atoms with Gasteiger partial charge in [-0.05, 0) is 37.8 Å². The molecule has 0 bridgehead atoms. The van der Waals surface area contributed by atoms with Crippen LogP contribution in [0.2, 0.25) is 0 Å². The van der Waals surface area contributed by atoms with Gasteiger partial charge in [0, 0.05) is 12.1 Å². The van der Waals surface area contributed by atoms with E-state index in [2.05, 4.69) is 46.4 Å². The Morgan fingerprint density at radius 3 is 1.94 bits per heavy atom. The van der Waals surface area contributed by atoms with Gasteiger partial charge in [0.25, 0.3) is 0 Å². The number of carbonyl (C=O) groups excluding carboxylic acids is 1. The van der Waals surface area contributed by atoms with Crippen LogP contribution in [0.3, 0.4) is 0 Å². The summed E-state index contributed by atoms with van der Waals surface area (Å²) in [6, 6.07) is 0. The van der Waals surface area contributed by atoms with Crippen molar-refractivity contribution in [1.29, 1.82) is 0 Å². The first-order chi connectivity index (χ1) is 6.60. The lowest BCUT2D eigenvalue weighted by Crippen LogP contribution is -2.48. The van der Waals surface area contributed by atoms with E-state index in [0.29, 0.717) is 6.54 Å². The number of hydrogen-bond donors (Lipinski definition) is 0. The maximum Gasteiger partial charge on any atom is 0.169 e. The molecule has 3 heteroatoms. The second-order valence-corrected chi connectivity index (χ2v) is 6.41. The van der Waals surface area contributed by atoms with Crippen molar-refractivity contribution in [2.24, 2.45) is 5.41 Å². The first-order valence-electron chi connectivity index (χ1n) is 5.59. The number of ketones is 1. The molecule has 1 aliphatic rings. The van der Waals surface area contributed by atoms with Crippen molar-refractivity contribution < 1.29 is 4.79 Å². The van der Waals surface area contributed by atoms with Crippen LogP contribution in [0.15, 0.2) is 11.6 Å². The number of carbonyl (C=O) groups is 1. The minimum Gasteiger partial charge on any atom is -0.293 e. The molecule has 0 aromatic heterocycles. The van der Waals surface area contributed by atoms with Crippen LogP contribution in [-0.2, 0) is 4.79 Å². The van der Waals surface area contributed by atoms with Crippen LogP contribution in [0, 0.1) is 5.41 Å². The summed E-state index contributed by atoms with van der Waals surface area (Å²) in [4.78, 5) is 13.9. The second kappa shape index (κ2) is 4.89. The molecule has 0 fully saturated rings. The van der Waals surface area contributed by atoms with Crippen LogP contribution in [0.1, 0.15) is 41.5 Å². The lowest BCUT2D eigenvalue weighted by Gasteiger charge is -2.40. The van der Waals surface area contributed by atoms with Crippen molar-refractivity contribution in [1.82, 2.24) is 4.90 Å². The minimum absolute atomic E-state index is 0. The molecule has 0 aliphatic carbocycles. The molecule has 94 valence electrons. The molecular weight excluding hydrogens is 222 g/mol. The van der Waals surface area contributed by atoms with Gasteiger partial charge in [0.1, 0.15) is 0 Å². The predicted molar refractivity (Wildman–Crippen MR) is 71.1 cm³/mol. The van der Waals surface area contributed by atoms with Gasteiger partial charge in [0.05, 0.1) is 6.54 Å². The van der Waals surface area contributed by atoms with E-state index in [1.54, 1.807) is 0 Å². The molecule has 16 heavy (non-hydrogen) atoms. The van der Waals surface area contributed by atoms with Crippen molar-refractivity contribution >= 4 is 18.2 Å². The summed E-state index contributed by atoms with van der Waals surface area (Å²) in [5, 5.41) is 0. The summed E-state index contributed by atoms with van der Waals surface area (Å²) in [7, 11) is 0. The van der Waals surface area contributed by atoms with Crippen molar-refractivity contribution in [3.05, 3.63) is 11.6 Å². The Hall–Kier alpha value is -0.340. The molecule has 0 saturated heterocycles. The maximum absolute atomic E-state index is 11.7. The van der Waals surface area contributed by atoms with Gasteiger partial charge in [-0.2, -0.15) is 0 Å². The Bertz CT molecular complexity index is 294. The van der Waals surface area contributed by atoms with Gasteiger partial charge in [-0.25, -0.2) is 0 Å². The Labute approximate surface area is 105 Å². The normalized spacial score (nSPS) is 19.1. The number of rotatable bonds is 0. The van der Waals surface area contributed by atoms with Gasteiger partial charge in [-0.3, -0.25) is 9.69 Å². The summed E-state index contributed by atoms with van der Waals surface area (Å²) >= 11 is 0. The summed E-state index contributed by atoms with van der Waals surface area (Å²) in [5.74, 6) is 0.237. The van der Waals surface area contributed by atoms with Crippen LogP contribution in [-0.4, -0.2) is 29.3 Å². The topological polar surface area (TPSA) is 20.3 Å². The molecule has 1 rings (SSSR count). The van der Waals surface area contributed by atoms with E-state index in [1.807, 2.05) is 6.08 Å². The molecule has 0 saturated carbocycles. The molecule has 1 aliphatic heterocycles. The predicted octanol–water partition coefficient (Wildman–Crippen LogP) is 3.06. The van der Waals surface area contributed by atoms with E-state index in [4.69, 9.17) is 0 Å². The van der Waals surface area contributed by atoms with Gasteiger partial charge < -0.3 is 0 Å². The third kappa shape index (κ3) is 3.91. The van der Waals surface area contributed by atoms with E-state index in [1.165, 1.54) is 5.57 Å². The van der Waals surface area contributed by atoms with Crippen molar-refractivity contribution in [3.8, 4) is 0 Å². The lowest BCUT2D eigenvalue weighted by atomic mass is 9.83. The maximum atomic E-state index is 11.7. The molecule has 0 aromatic carbocycles. The zero-order chi connectivity index (χ0) is 11.9. The Balaban J connectivity index is 0.00000225. The van der Waals surface area contributed by atoms with E-state index in [9.17, 15) is 4.79 Å². The fourth-order valence-electron chi connectivity index (χ4n) is 1.66. The molecular formula is C13H24ClNO. The molecule has 0 aromatic rings. The van der Waals surface area contributed by atoms with Crippen LogP contribution in [0.4, 0.5) is 0 Å². The van der Waals surface area contributed by atoms with Gasteiger partial charge in [0.2, 0.25) is 0 Å². The second-order valence-electron chi connectivity index (χ2n) is 6.41. The SMILES string of the molecule is CC(C)(C)C1=CC(=O)CN(C(C)(C)C)C1.Cl. The molecule has 2 nitrogen and oxygen atoms in total. The lowest BCUT2D eigenvalue weighted by molar-refractivity contribution is -0.117. The smallest absolute Gasteiger partial charge is 0.169 e. The summed E-state index contributed by atoms with van der Waals surface area (Å²) in [6.45, 7) is 14.4. The monoisotopic (exact) mass is 245 g/mol. The van der Waals surface area contributed by atoms with Gasteiger partial charge in [-0.15, -0.1) is 12.4 Å². The standard InChI is InChI=1S/C13H23NO.ClH/c1-12(2,3)10-7-11(15)9-14(8-10)13(4,5)6;/h7H,8-9H2,1-6H3;1H. The van der Waals surface area contributed by atoms with Crippen LogP contribution in [0.5, 0.6) is 0 Å². The van der Waals surface area contributed by atoms with E-state index in [-0.39, 0.29) is 29.1 Å². The molecule has 0 atom stereocenters. The summed E-state index contributed by atoms with van der Waals surface area (Å²) < 4.78 is 0. The van der Waals surface area contributed by atoms with E-state index < -0.39 is 0 Å². The van der Waals surface area contributed by atoms with Crippen molar-refractivity contribution in [2.75, 3.05) is 13.1 Å². The molecule has 0 unspecified atom stereocenters. The van der Waals surface area contributed by atoms with E-state index >= 15 is 0 Å². The summed E-state index contributed by atoms with van der Waals surface area (Å²) in [6.07, 6.45) is 1.84. The molecule has 0 radical (unpaired) electrons. The number of halogens is 1. The highest BCUT2D eigenvalue weighted by molar-refractivity contribution is 5.93. The Morgan fingerprint density at radius 2 is 1.56 bits per heavy atom. The average molecular weight is 246 g/mol. The zero-order valence-corrected chi connectivity index (χ0v) is 12.1. The molecule has 0 N–H and O–H groups in total. The first-order valence-corrected chi connectivity index (χ1v) is 5.59. The highest BCUT2D eigenvalue weighted by Crippen LogP contribution is 2.30. The van der Waals surface area contributed by atoms with Crippen LogP contribution in [0.25, 0.3) is 0 Å². The van der Waals surface area contributed by atoms with Crippen LogP contribution >= 0.6 is 12.4 Å². The molecule has 0 amide bonds. The van der Waals surface area contributed by atoms with Gasteiger partial charge in [-0.1, -0.05) is 20.8 Å².